The van der Waals surface area contributed by atoms with Crippen LogP contribution in [0.5, 0.6) is 0 Å². The number of fused-ring (bicyclic) bond motifs is 1. The molecule has 3 N–H and O–H groups in total. The maximum atomic E-state index is 12.9. The highest BCUT2D eigenvalue weighted by molar-refractivity contribution is 6.05. The lowest BCUT2D eigenvalue weighted by Crippen LogP contribution is -2.13. The Kier molecular flexibility index (Phi) is 5.97. The summed E-state index contributed by atoms with van der Waals surface area (Å²) in [6.07, 6.45) is -1.57. The summed E-state index contributed by atoms with van der Waals surface area (Å²) < 4.78 is 40.4. The van der Waals surface area contributed by atoms with Gasteiger partial charge in [0, 0.05) is 16.9 Å². The number of alkyl halides is 3. The predicted octanol–water partition coefficient (Wildman–Crippen LogP) is 4.14. The number of nitrogens with zero attached hydrogens (tertiary/aromatic N) is 4. The number of rotatable bonds is 6. The molecule has 170 valence electrons. The van der Waals surface area contributed by atoms with Crippen molar-refractivity contribution >= 4 is 34.1 Å². The maximum absolute atomic E-state index is 12.9. The minimum Gasteiger partial charge on any atom is -0.394 e. The monoisotopic (exact) mass is 456 g/mol. The number of amides is 1. The molecule has 2 aromatic carbocycles. The fourth-order valence-corrected chi connectivity index (χ4v) is 3.25. The number of aliphatic hydroxyl groups is 1. The van der Waals surface area contributed by atoms with Crippen LogP contribution in [0.4, 0.5) is 30.4 Å². The normalized spacial score (nSPS) is 11.5. The number of anilines is 3. The number of aryl methyl sites for hydroxylation is 1. The van der Waals surface area contributed by atoms with Crippen LogP contribution in [0.25, 0.3) is 11.0 Å². The molecule has 33 heavy (non-hydrogen) atoms. The van der Waals surface area contributed by atoms with Crippen molar-refractivity contribution in [2.45, 2.75) is 19.6 Å². The zero-order valence-electron chi connectivity index (χ0n) is 17.4. The van der Waals surface area contributed by atoms with Crippen LogP contribution in [0, 0.1) is 6.92 Å². The number of hydrogen-bond donors (Lipinski definition) is 3. The molecule has 0 fully saturated rings. The van der Waals surface area contributed by atoms with Gasteiger partial charge in [0.05, 0.1) is 30.3 Å². The molecule has 0 radical (unpaired) electrons. The lowest BCUT2D eigenvalue weighted by molar-refractivity contribution is -0.137. The average Bonchev–Trinajstić information content (AvgIpc) is 3.19. The van der Waals surface area contributed by atoms with Gasteiger partial charge in [-0.2, -0.15) is 18.3 Å². The highest BCUT2D eigenvalue weighted by Crippen LogP contribution is 2.31. The van der Waals surface area contributed by atoms with E-state index in [0.29, 0.717) is 22.5 Å². The van der Waals surface area contributed by atoms with Gasteiger partial charge in [0.25, 0.3) is 5.91 Å². The van der Waals surface area contributed by atoms with Crippen molar-refractivity contribution in [1.82, 2.24) is 19.7 Å². The Bertz CT molecular complexity index is 1320. The van der Waals surface area contributed by atoms with Crippen LogP contribution < -0.4 is 10.6 Å². The number of hydrogen-bond acceptors (Lipinski definition) is 6. The third-order valence-electron chi connectivity index (χ3n) is 4.95. The first-order valence-corrected chi connectivity index (χ1v) is 9.90. The summed E-state index contributed by atoms with van der Waals surface area (Å²) in [5, 5.41) is 19.7. The van der Waals surface area contributed by atoms with Crippen LogP contribution >= 0.6 is 0 Å². The molecule has 0 aliphatic heterocycles. The summed E-state index contributed by atoms with van der Waals surface area (Å²) in [5.74, 6) is -0.0938. The first-order valence-electron chi connectivity index (χ1n) is 9.90. The van der Waals surface area contributed by atoms with E-state index in [1.54, 1.807) is 29.1 Å². The Morgan fingerprint density at radius 2 is 1.97 bits per heavy atom. The topological polar surface area (TPSA) is 105 Å². The minimum absolute atomic E-state index is 0.0405. The smallest absolute Gasteiger partial charge is 0.394 e. The molecule has 2 aromatic heterocycles. The van der Waals surface area contributed by atoms with Crippen molar-refractivity contribution in [1.29, 1.82) is 0 Å². The second kappa shape index (κ2) is 8.87. The van der Waals surface area contributed by atoms with E-state index in [1.807, 2.05) is 6.92 Å². The van der Waals surface area contributed by atoms with Gasteiger partial charge in [-0.25, -0.2) is 14.6 Å². The number of benzene rings is 2. The van der Waals surface area contributed by atoms with Crippen LogP contribution in [0.1, 0.15) is 21.5 Å². The molecule has 0 atom stereocenters. The lowest BCUT2D eigenvalue weighted by atomic mass is 10.1. The molecule has 0 aliphatic rings. The molecule has 2 heterocycles. The Hall–Kier alpha value is -3.99. The third-order valence-corrected chi connectivity index (χ3v) is 4.95. The SMILES string of the molecule is Cc1ccc(C(=O)Nc2cccc(C(F)(F)F)c2)cc1Nc1ncnc2c1cnn2CCO. The zero-order valence-corrected chi connectivity index (χ0v) is 17.4. The van der Waals surface area contributed by atoms with Gasteiger partial charge in [0.15, 0.2) is 5.65 Å². The second-order valence-electron chi connectivity index (χ2n) is 7.24. The molecule has 8 nitrogen and oxygen atoms in total. The molecule has 1 amide bonds. The molecule has 0 unspecified atom stereocenters. The number of carbonyl (C=O) groups excluding carboxylic acids is 1. The van der Waals surface area contributed by atoms with E-state index in [0.717, 1.165) is 17.7 Å². The van der Waals surface area contributed by atoms with E-state index < -0.39 is 17.6 Å². The molecule has 11 heteroatoms. The molecule has 4 rings (SSSR count). The Labute approximate surface area is 186 Å². The van der Waals surface area contributed by atoms with Crippen LogP contribution in [0.2, 0.25) is 0 Å². The summed E-state index contributed by atoms with van der Waals surface area (Å²) in [6, 6.07) is 9.33. The fourth-order valence-electron chi connectivity index (χ4n) is 3.25. The molecule has 0 bridgehead atoms. The first-order chi connectivity index (χ1) is 15.8. The van der Waals surface area contributed by atoms with E-state index in [2.05, 4.69) is 25.7 Å². The third kappa shape index (κ3) is 4.77. The highest BCUT2D eigenvalue weighted by atomic mass is 19.4. The summed E-state index contributed by atoms with van der Waals surface area (Å²) >= 11 is 0. The zero-order chi connectivity index (χ0) is 23.6. The van der Waals surface area contributed by atoms with Gasteiger partial charge in [-0.1, -0.05) is 12.1 Å². The molecule has 0 saturated heterocycles. The van der Waals surface area contributed by atoms with Crippen molar-refractivity contribution in [2.75, 3.05) is 17.2 Å². The number of halogens is 3. The Morgan fingerprint density at radius 1 is 1.15 bits per heavy atom. The molecule has 4 aromatic rings. The van der Waals surface area contributed by atoms with E-state index in [9.17, 15) is 18.0 Å². The first kappa shape index (κ1) is 22.2. The second-order valence-corrected chi connectivity index (χ2v) is 7.24. The number of nitrogens with one attached hydrogen (secondary N) is 2. The Balaban J connectivity index is 1.59. The number of aromatic nitrogens is 4. The quantitative estimate of drug-likeness (QED) is 0.403. The largest absolute Gasteiger partial charge is 0.416 e. The van der Waals surface area contributed by atoms with Crippen LogP contribution in [0.3, 0.4) is 0 Å². The Morgan fingerprint density at radius 3 is 2.73 bits per heavy atom. The molecular formula is C22H19F3N6O2. The average molecular weight is 456 g/mol. The van der Waals surface area contributed by atoms with Gasteiger partial charge >= 0.3 is 6.18 Å². The molecule has 0 saturated carbocycles. The number of carbonyl (C=O) groups is 1. The van der Waals surface area contributed by atoms with Crippen molar-refractivity contribution in [3.05, 3.63) is 71.7 Å². The summed E-state index contributed by atoms with van der Waals surface area (Å²) in [7, 11) is 0. The molecule has 0 spiro atoms. The van der Waals surface area contributed by atoms with Crippen molar-refractivity contribution < 1.29 is 23.1 Å². The van der Waals surface area contributed by atoms with Crippen molar-refractivity contribution in [3.8, 4) is 0 Å². The van der Waals surface area contributed by atoms with Gasteiger partial charge < -0.3 is 15.7 Å². The van der Waals surface area contributed by atoms with Gasteiger partial charge in [0.2, 0.25) is 0 Å². The van der Waals surface area contributed by atoms with E-state index >= 15 is 0 Å². The van der Waals surface area contributed by atoms with E-state index in [1.165, 1.54) is 18.5 Å². The molecule has 0 aliphatic carbocycles. The van der Waals surface area contributed by atoms with Crippen molar-refractivity contribution in [3.63, 3.8) is 0 Å². The van der Waals surface area contributed by atoms with Gasteiger partial charge in [-0.15, -0.1) is 0 Å². The maximum Gasteiger partial charge on any atom is 0.416 e. The predicted molar refractivity (Wildman–Crippen MR) is 116 cm³/mol. The standard InChI is InChI=1S/C22H19F3N6O2/c1-13-5-6-14(21(33)29-16-4-2-3-15(10-16)22(23,24)25)9-18(13)30-19-17-11-28-31(7-8-32)20(17)27-12-26-19/h2-6,9-12,32H,7-8H2,1H3,(H,29,33)(H,26,27,30). The summed E-state index contributed by atoms with van der Waals surface area (Å²) in [4.78, 5) is 21.1. The fraction of sp³-hybridized carbons (Fsp3) is 0.182. The van der Waals surface area contributed by atoms with Crippen molar-refractivity contribution in [2.24, 2.45) is 0 Å². The van der Waals surface area contributed by atoms with E-state index in [4.69, 9.17) is 5.11 Å². The summed E-state index contributed by atoms with van der Waals surface area (Å²) in [6.45, 7) is 2.03. The lowest BCUT2D eigenvalue weighted by Gasteiger charge is -2.13. The summed E-state index contributed by atoms with van der Waals surface area (Å²) in [5.41, 5.74) is 1.39. The van der Waals surface area contributed by atoms with Crippen LogP contribution in [-0.4, -0.2) is 37.4 Å². The van der Waals surface area contributed by atoms with Crippen LogP contribution in [-0.2, 0) is 12.7 Å². The number of aliphatic hydroxyl groups excluding tert-OH is 1. The highest BCUT2D eigenvalue weighted by Gasteiger charge is 2.30. The van der Waals surface area contributed by atoms with Crippen LogP contribution in [0.15, 0.2) is 55.0 Å². The molecular weight excluding hydrogens is 437 g/mol. The van der Waals surface area contributed by atoms with Gasteiger partial charge in [-0.05, 0) is 42.8 Å². The minimum atomic E-state index is -4.50. The van der Waals surface area contributed by atoms with E-state index in [-0.39, 0.29) is 24.4 Å². The van der Waals surface area contributed by atoms with Gasteiger partial charge in [-0.3, -0.25) is 4.79 Å². The van der Waals surface area contributed by atoms with Gasteiger partial charge in [0.1, 0.15) is 12.1 Å².